The van der Waals surface area contributed by atoms with Crippen LogP contribution in [0.1, 0.15) is 39.0 Å². The molecule has 0 saturated carbocycles. The zero-order valence-corrected chi connectivity index (χ0v) is 9.80. The molecule has 1 rings (SSSR count). The highest BCUT2D eigenvalue weighted by molar-refractivity contribution is 14.1. The molecule has 0 bridgehead atoms. The van der Waals surface area contributed by atoms with Crippen LogP contribution in [0.25, 0.3) is 0 Å². The normalized spacial score (nSPS) is 30.1. The van der Waals surface area contributed by atoms with Crippen molar-refractivity contribution in [3.63, 3.8) is 0 Å². The summed E-state index contributed by atoms with van der Waals surface area (Å²) in [5.74, 6) is 0. The molecule has 0 amide bonds. The molecule has 0 radical (unpaired) electrons. The molecule has 1 atom stereocenters. The van der Waals surface area contributed by atoms with Crippen LogP contribution in [0.4, 0.5) is 0 Å². The summed E-state index contributed by atoms with van der Waals surface area (Å²) in [6, 6.07) is 0. The predicted molar refractivity (Wildman–Crippen MR) is 60.4 cm³/mol. The second kappa shape index (κ2) is 4.61. The van der Waals surface area contributed by atoms with Gasteiger partial charge in [0.05, 0.1) is 0 Å². The molecule has 0 aromatic rings. The van der Waals surface area contributed by atoms with Crippen LogP contribution in [0.3, 0.4) is 0 Å². The summed E-state index contributed by atoms with van der Waals surface area (Å²) in [6.45, 7) is 2.65. The fraction of sp³-hybridized carbons (Fsp3) is 0.800. The van der Waals surface area contributed by atoms with Crippen LogP contribution in [-0.4, -0.2) is 11.7 Å². The summed E-state index contributed by atoms with van der Waals surface area (Å²) >= 11 is 2.45. The van der Waals surface area contributed by atoms with E-state index in [-0.39, 0.29) is 0 Å². The van der Waals surface area contributed by atoms with E-state index >= 15 is 0 Å². The van der Waals surface area contributed by atoms with Crippen LogP contribution in [-0.2, 0) is 0 Å². The van der Waals surface area contributed by atoms with Gasteiger partial charge in [0, 0.05) is 6.61 Å². The molecular weight excluding hydrogens is 263 g/mol. The van der Waals surface area contributed by atoms with Gasteiger partial charge in [-0.3, -0.25) is 0 Å². The Morgan fingerprint density at radius 3 is 3.00 bits per heavy atom. The van der Waals surface area contributed by atoms with Gasteiger partial charge < -0.3 is 5.11 Å². The number of aliphatic hydroxyl groups excluding tert-OH is 1. The molecule has 1 nitrogen and oxygen atoms in total. The minimum Gasteiger partial charge on any atom is -0.396 e. The zero-order valence-electron chi connectivity index (χ0n) is 7.65. The van der Waals surface area contributed by atoms with Gasteiger partial charge in [-0.05, 0) is 63.7 Å². The Hall–Kier alpha value is 0.430. The number of rotatable bonds is 3. The van der Waals surface area contributed by atoms with Crippen molar-refractivity contribution in [2.45, 2.75) is 39.0 Å². The number of allylic oxidation sites excluding steroid dienone is 2. The van der Waals surface area contributed by atoms with Crippen LogP contribution < -0.4 is 0 Å². The lowest BCUT2D eigenvalue weighted by molar-refractivity contribution is 0.243. The summed E-state index contributed by atoms with van der Waals surface area (Å²) < 4.78 is 1.50. The lowest BCUT2D eigenvalue weighted by Gasteiger charge is -2.32. The van der Waals surface area contributed by atoms with Gasteiger partial charge in [0.25, 0.3) is 0 Å². The van der Waals surface area contributed by atoms with Gasteiger partial charge in [-0.1, -0.05) is 13.0 Å². The van der Waals surface area contributed by atoms with Gasteiger partial charge in [-0.25, -0.2) is 0 Å². The molecule has 70 valence electrons. The van der Waals surface area contributed by atoms with Crippen molar-refractivity contribution in [2.24, 2.45) is 5.41 Å². The molecule has 1 aliphatic rings. The minimum atomic E-state index is 0.333. The highest BCUT2D eigenvalue weighted by atomic mass is 127. The second-order valence-electron chi connectivity index (χ2n) is 3.83. The van der Waals surface area contributed by atoms with E-state index in [9.17, 15) is 0 Å². The van der Waals surface area contributed by atoms with Crippen molar-refractivity contribution in [1.29, 1.82) is 0 Å². The first-order valence-corrected chi connectivity index (χ1v) is 5.74. The van der Waals surface area contributed by atoms with Crippen LogP contribution in [0.15, 0.2) is 9.66 Å². The van der Waals surface area contributed by atoms with Gasteiger partial charge in [0.1, 0.15) is 0 Å². The van der Waals surface area contributed by atoms with E-state index in [0.717, 1.165) is 12.8 Å². The molecular formula is C10H17IO. The smallest absolute Gasteiger partial charge is 0.0431 e. The molecule has 0 spiro atoms. The predicted octanol–water partition coefficient (Wildman–Crippen LogP) is 3.27. The summed E-state index contributed by atoms with van der Waals surface area (Å²) in [4.78, 5) is 0. The molecule has 0 heterocycles. The molecule has 0 saturated heterocycles. The second-order valence-corrected chi connectivity index (χ2v) is 4.99. The van der Waals surface area contributed by atoms with Crippen LogP contribution >= 0.6 is 22.6 Å². The van der Waals surface area contributed by atoms with Crippen LogP contribution in [0.2, 0.25) is 0 Å². The van der Waals surface area contributed by atoms with E-state index in [1.165, 1.54) is 22.8 Å². The van der Waals surface area contributed by atoms with Crippen LogP contribution in [0.5, 0.6) is 0 Å². The molecule has 0 fully saturated rings. The van der Waals surface area contributed by atoms with Crippen LogP contribution in [0, 0.1) is 5.41 Å². The molecule has 0 aliphatic heterocycles. The zero-order chi connectivity index (χ0) is 9.03. The monoisotopic (exact) mass is 280 g/mol. The first kappa shape index (κ1) is 10.5. The Morgan fingerprint density at radius 2 is 2.42 bits per heavy atom. The number of hydrogen-bond donors (Lipinski definition) is 1. The highest BCUT2D eigenvalue weighted by Gasteiger charge is 2.28. The molecule has 0 aromatic heterocycles. The topological polar surface area (TPSA) is 20.2 Å². The van der Waals surface area contributed by atoms with Crippen molar-refractivity contribution in [3.8, 4) is 0 Å². The molecule has 12 heavy (non-hydrogen) atoms. The van der Waals surface area contributed by atoms with Crippen molar-refractivity contribution < 1.29 is 5.11 Å². The van der Waals surface area contributed by atoms with Crippen molar-refractivity contribution >= 4 is 22.6 Å². The Morgan fingerprint density at radius 1 is 1.67 bits per heavy atom. The first-order valence-electron chi connectivity index (χ1n) is 4.66. The van der Waals surface area contributed by atoms with E-state index in [4.69, 9.17) is 5.11 Å². The summed E-state index contributed by atoms with van der Waals surface area (Å²) in [5, 5.41) is 8.78. The standard InChI is InChI=1S/C10H17IO/c1-10(7-4-8-12)6-3-2-5-9(10)11/h5,12H,2-4,6-8H2,1H3. The van der Waals surface area contributed by atoms with Gasteiger partial charge in [0.2, 0.25) is 0 Å². The SMILES string of the molecule is CC1(CCCO)CCCC=C1I. The van der Waals surface area contributed by atoms with Crippen molar-refractivity contribution in [1.82, 2.24) is 0 Å². The lowest BCUT2D eigenvalue weighted by atomic mass is 9.77. The molecule has 1 N–H and O–H groups in total. The average molecular weight is 280 g/mol. The maximum atomic E-state index is 8.78. The van der Waals surface area contributed by atoms with E-state index in [1.54, 1.807) is 0 Å². The van der Waals surface area contributed by atoms with E-state index in [2.05, 4.69) is 35.6 Å². The molecule has 0 aromatic carbocycles. The third-order valence-corrected chi connectivity index (χ3v) is 4.46. The maximum absolute atomic E-state index is 8.78. The number of aliphatic hydroxyl groups is 1. The third-order valence-electron chi connectivity index (χ3n) is 2.72. The minimum absolute atomic E-state index is 0.333. The number of hydrogen-bond acceptors (Lipinski definition) is 1. The molecule has 2 heteroatoms. The first-order chi connectivity index (χ1) is 5.69. The Bertz CT molecular complexity index is 177. The third kappa shape index (κ3) is 2.46. The van der Waals surface area contributed by atoms with E-state index < -0.39 is 0 Å². The molecule has 1 aliphatic carbocycles. The summed E-state index contributed by atoms with van der Waals surface area (Å²) in [7, 11) is 0. The summed E-state index contributed by atoms with van der Waals surface area (Å²) in [6.07, 6.45) is 8.28. The van der Waals surface area contributed by atoms with Gasteiger partial charge in [0.15, 0.2) is 0 Å². The van der Waals surface area contributed by atoms with Crippen molar-refractivity contribution in [2.75, 3.05) is 6.61 Å². The van der Waals surface area contributed by atoms with E-state index in [0.29, 0.717) is 12.0 Å². The van der Waals surface area contributed by atoms with Crippen molar-refractivity contribution in [3.05, 3.63) is 9.66 Å². The van der Waals surface area contributed by atoms with Gasteiger partial charge in [-0.2, -0.15) is 0 Å². The largest absolute Gasteiger partial charge is 0.396 e. The fourth-order valence-electron chi connectivity index (χ4n) is 1.80. The van der Waals surface area contributed by atoms with Gasteiger partial charge >= 0.3 is 0 Å². The van der Waals surface area contributed by atoms with E-state index in [1.807, 2.05) is 0 Å². The quantitative estimate of drug-likeness (QED) is 0.787. The molecule has 1 unspecified atom stereocenters. The Kier molecular flexibility index (Phi) is 4.03. The lowest BCUT2D eigenvalue weighted by Crippen LogP contribution is -2.19. The van der Waals surface area contributed by atoms with Gasteiger partial charge in [-0.15, -0.1) is 0 Å². The Labute approximate surface area is 88.4 Å². The average Bonchev–Trinajstić information content (AvgIpc) is 2.07. The summed E-state index contributed by atoms with van der Waals surface area (Å²) in [5.41, 5.74) is 0.377. The maximum Gasteiger partial charge on any atom is 0.0431 e. The fourth-order valence-corrected chi connectivity index (χ4v) is 2.65. The Balaban J connectivity index is 2.55. The number of halogens is 1. The highest BCUT2D eigenvalue weighted by Crippen LogP contribution is 2.44.